The molecule has 1 aliphatic heterocycles. The van der Waals surface area contributed by atoms with Gasteiger partial charge < -0.3 is 20.1 Å². The van der Waals surface area contributed by atoms with Gasteiger partial charge in [0.2, 0.25) is 5.91 Å². The van der Waals surface area contributed by atoms with Gasteiger partial charge in [-0.2, -0.15) is 0 Å². The van der Waals surface area contributed by atoms with E-state index in [0.29, 0.717) is 11.3 Å². The molecule has 31 heavy (non-hydrogen) atoms. The molecule has 2 aromatic rings. The summed E-state index contributed by atoms with van der Waals surface area (Å²) in [7, 11) is 3.28. The zero-order valence-electron chi connectivity index (χ0n) is 18.0. The molecule has 0 bridgehead atoms. The molecule has 4 rings (SSSR count). The van der Waals surface area contributed by atoms with Gasteiger partial charge in [0.05, 0.1) is 32.0 Å². The first kappa shape index (κ1) is 21.2. The van der Waals surface area contributed by atoms with E-state index in [1.54, 1.807) is 26.4 Å². The third kappa shape index (κ3) is 4.99. The molecule has 2 aliphatic rings. The van der Waals surface area contributed by atoms with Gasteiger partial charge in [-0.3, -0.25) is 14.5 Å². The van der Waals surface area contributed by atoms with Crippen molar-refractivity contribution in [2.45, 2.75) is 37.8 Å². The third-order valence-electron chi connectivity index (χ3n) is 5.87. The van der Waals surface area contributed by atoms with E-state index < -0.39 is 0 Å². The number of nitrogens with one attached hydrogen (secondary N) is 2. The number of methoxy groups -OCH3 is 2. The second-order valence-electron chi connectivity index (χ2n) is 8.08. The van der Waals surface area contributed by atoms with Crippen LogP contribution in [0.5, 0.6) is 11.5 Å². The largest absolute Gasteiger partial charge is 0.497 e. The highest BCUT2D eigenvalue weighted by atomic mass is 16.5. The van der Waals surface area contributed by atoms with Gasteiger partial charge in [0.1, 0.15) is 11.5 Å². The maximum Gasteiger partial charge on any atom is 0.253 e. The number of para-hydroxylation sites is 1. The molecular weight excluding hydrogens is 394 g/mol. The maximum absolute atomic E-state index is 12.9. The van der Waals surface area contributed by atoms with E-state index in [1.807, 2.05) is 30.3 Å². The minimum absolute atomic E-state index is 0.0972. The van der Waals surface area contributed by atoms with Crippen molar-refractivity contribution in [3.05, 3.63) is 53.6 Å². The summed E-state index contributed by atoms with van der Waals surface area (Å²) < 4.78 is 10.9. The van der Waals surface area contributed by atoms with Gasteiger partial charge in [-0.15, -0.1) is 0 Å². The minimum atomic E-state index is -0.139. The molecule has 7 nitrogen and oxygen atoms in total. The quantitative estimate of drug-likeness (QED) is 0.681. The van der Waals surface area contributed by atoms with Crippen LogP contribution in [0.25, 0.3) is 0 Å². The van der Waals surface area contributed by atoms with Crippen LogP contribution in [0.1, 0.15) is 47.6 Å². The van der Waals surface area contributed by atoms with Gasteiger partial charge in [0.15, 0.2) is 0 Å². The van der Waals surface area contributed by atoms with Gasteiger partial charge in [-0.05, 0) is 50.4 Å². The van der Waals surface area contributed by atoms with E-state index in [2.05, 4.69) is 15.5 Å². The molecule has 0 aromatic heterocycles. The lowest BCUT2D eigenvalue weighted by molar-refractivity contribution is -0.117. The van der Waals surface area contributed by atoms with Crippen molar-refractivity contribution in [1.29, 1.82) is 0 Å². The van der Waals surface area contributed by atoms with E-state index in [4.69, 9.17) is 9.47 Å². The number of rotatable bonds is 8. The van der Waals surface area contributed by atoms with Crippen molar-refractivity contribution in [1.82, 2.24) is 10.2 Å². The van der Waals surface area contributed by atoms with Crippen molar-refractivity contribution in [2.75, 3.05) is 32.6 Å². The second kappa shape index (κ2) is 9.39. The molecule has 2 N–H and O–H groups in total. The highest BCUT2D eigenvalue weighted by molar-refractivity contribution is 6.04. The lowest BCUT2D eigenvalue weighted by Crippen LogP contribution is -2.34. The standard InChI is InChI=1S/C24H29N3O4/c1-30-17-11-12-19(22(14-17)31-2)21-8-5-13-27(21)15-23(28)26-20-7-4-3-6-18(20)24(29)25-16-9-10-16/h3-4,6-7,11-12,14,16,21H,5,8-10,13,15H2,1-2H3,(H,25,29)(H,26,28)/t21-/m0/s1. The Kier molecular flexibility index (Phi) is 6.42. The first-order valence-electron chi connectivity index (χ1n) is 10.7. The summed E-state index contributed by atoms with van der Waals surface area (Å²) in [5.41, 5.74) is 2.10. The summed E-state index contributed by atoms with van der Waals surface area (Å²) in [6.45, 7) is 1.08. The Morgan fingerprint density at radius 2 is 1.87 bits per heavy atom. The molecule has 1 saturated heterocycles. The number of ether oxygens (including phenoxy) is 2. The number of likely N-dealkylation sites (tertiary alicyclic amines) is 1. The normalized spacial score (nSPS) is 18.5. The topological polar surface area (TPSA) is 79.9 Å². The van der Waals surface area contributed by atoms with Crippen molar-refractivity contribution >= 4 is 17.5 Å². The molecule has 1 heterocycles. The van der Waals surface area contributed by atoms with Crippen LogP contribution < -0.4 is 20.1 Å². The van der Waals surface area contributed by atoms with E-state index in [-0.39, 0.29) is 30.4 Å². The molecule has 2 amide bonds. The Bertz CT molecular complexity index is 958. The second-order valence-corrected chi connectivity index (χ2v) is 8.08. The average Bonchev–Trinajstić information content (AvgIpc) is 3.48. The van der Waals surface area contributed by atoms with Crippen LogP contribution in [0.2, 0.25) is 0 Å². The van der Waals surface area contributed by atoms with Crippen molar-refractivity contribution in [2.24, 2.45) is 0 Å². The molecule has 2 aromatic carbocycles. The fourth-order valence-corrected chi connectivity index (χ4v) is 4.12. The first-order chi connectivity index (χ1) is 15.1. The summed E-state index contributed by atoms with van der Waals surface area (Å²) in [4.78, 5) is 27.5. The lowest BCUT2D eigenvalue weighted by Gasteiger charge is -2.26. The van der Waals surface area contributed by atoms with Crippen LogP contribution >= 0.6 is 0 Å². The summed E-state index contributed by atoms with van der Waals surface area (Å²) in [6, 6.07) is 13.3. The number of nitrogens with zero attached hydrogens (tertiary/aromatic N) is 1. The Hall–Kier alpha value is -3.06. The van der Waals surface area contributed by atoms with Gasteiger partial charge in [-0.25, -0.2) is 0 Å². The highest BCUT2D eigenvalue weighted by Gasteiger charge is 2.30. The van der Waals surface area contributed by atoms with Gasteiger partial charge in [0.25, 0.3) is 5.91 Å². The van der Waals surface area contributed by atoms with Crippen LogP contribution in [0.15, 0.2) is 42.5 Å². The summed E-state index contributed by atoms with van der Waals surface area (Å²) in [5, 5.41) is 5.92. The van der Waals surface area contributed by atoms with Crippen molar-refractivity contribution < 1.29 is 19.1 Å². The summed E-state index contributed by atoms with van der Waals surface area (Å²) >= 11 is 0. The average molecular weight is 424 g/mol. The van der Waals surface area contributed by atoms with E-state index in [0.717, 1.165) is 49.3 Å². The Morgan fingerprint density at radius 1 is 1.06 bits per heavy atom. The zero-order chi connectivity index (χ0) is 21.8. The van der Waals surface area contributed by atoms with E-state index in [9.17, 15) is 9.59 Å². The van der Waals surface area contributed by atoms with Crippen LogP contribution in [0.3, 0.4) is 0 Å². The molecule has 2 fully saturated rings. The molecule has 1 saturated carbocycles. The first-order valence-corrected chi connectivity index (χ1v) is 10.7. The van der Waals surface area contributed by atoms with E-state index in [1.165, 1.54) is 0 Å². The SMILES string of the molecule is COc1ccc([C@@H]2CCCN2CC(=O)Nc2ccccc2C(=O)NC2CC2)c(OC)c1. The number of hydrogen-bond donors (Lipinski definition) is 2. The number of benzene rings is 2. The number of amides is 2. The van der Waals surface area contributed by atoms with Crippen molar-refractivity contribution in [3.8, 4) is 11.5 Å². The van der Waals surface area contributed by atoms with Gasteiger partial charge in [0, 0.05) is 23.7 Å². The molecule has 164 valence electrons. The third-order valence-corrected chi connectivity index (χ3v) is 5.87. The fraction of sp³-hybridized carbons (Fsp3) is 0.417. The molecule has 1 atom stereocenters. The number of carbonyl (C=O) groups is 2. The molecule has 0 unspecified atom stereocenters. The number of carbonyl (C=O) groups excluding carboxylic acids is 2. The van der Waals surface area contributed by atoms with Crippen LogP contribution in [0, 0.1) is 0 Å². The Labute approximate surface area is 182 Å². The summed E-state index contributed by atoms with van der Waals surface area (Å²) in [6.07, 6.45) is 4.00. The molecule has 0 spiro atoms. The number of anilines is 1. The molecule has 7 heteroatoms. The Balaban J connectivity index is 1.45. The highest BCUT2D eigenvalue weighted by Crippen LogP contribution is 2.38. The van der Waals surface area contributed by atoms with Crippen LogP contribution in [-0.4, -0.2) is 50.1 Å². The monoisotopic (exact) mass is 423 g/mol. The summed E-state index contributed by atoms with van der Waals surface area (Å²) in [5.74, 6) is 1.23. The molecular formula is C24H29N3O4. The van der Waals surface area contributed by atoms with Gasteiger partial charge >= 0.3 is 0 Å². The Morgan fingerprint density at radius 3 is 2.61 bits per heavy atom. The fourth-order valence-electron chi connectivity index (χ4n) is 4.12. The van der Waals surface area contributed by atoms with Crippen LogP contribution in [0.4, 0.5) is 5.69 Å². The predicted octanol–water partition coefficient (Wildman–Crippen LogP) is 3.37. The molecule has 1 aliphatic carbocycles. The minimum Gasteiger partial charge on any atom is -0.497 e. The zero-order valence-corrected chi connectivity index (χ0v) is 18.0. The molecule has 0 radical (unpaired) electrons. The van der Waals surface area contributed by atoms with Crippen LogP contribution in [-0.2, 0) is 4.79 Å². The number of hydrogen-bond acceptors (Lipinski definition) is 5. The van der Waals surface area contributed by atoms with Crippen molar-refractivity contribution in [3.63, 3.8) is 0 Å². The lowest BCUT2D eigenvalue weighted by atomic mass is 10.0. The smallest absolute Gasteiger partial charge is 0.253 e. The maximum atomic E-state index is 12.9. The predicted molar refractivity (Wildman–Crippen MR) is 119 cm³/mol. The van der Waals surface area contributed by atoms with Gasteiger partial charge in [-0.1, -0.05) is 18.2 Å². The van der Waals surface area contributed by atoms with E-state index >= 15 is 0 Å².